The zero-order valence-corrected chi connectivity index (χ0v) is 12.5. The van der Waals surface area contributed by atoms with Gasteiger partial charge >= 0.3 is 0 Å². The Morgan fingerprint density at radius 1 is 1.43 bits per heavy atom. The third-order valence-electron chi connectivity index (χ3n) is 3.87. The van der Waals surface area contributed by atoms with E-state index in [2.05, 4.69) is 17.1 Å². The second kappa shape index (κ2) is 6.67. The van der Waals surface area contributed by atoms with Crippen molar-refractivity contribution < 1.29 is 9.72 Å². The van der Waals surface area contributed by atoms with Crippen LogP contribution in [-0.4, -0.2) is 35.4 Å². The number of nitro benzene ring substituents is 1. The summed E-state index contributed by atoms with van der Waals surface area (Å²) in [7, 11) is 0. The first-order valence-corrected chi connectivity index (χ1v) is 7.23. The van der Waals surface area contributed by atoms with E-state index in [0.717, 1.165) is 31.5 Å². The number of carbonyl (C=O) groups excluding carboxylic acids is 1. The van der Waals surface area contributed by atoms with Gasteiger partial charge in [-0.05, 0) is 50.4 Å². The Bertz CT molecular complexity index is 537. The highest BCUT2D eigenvalue weighted by molar-refractivity contribution is 5.94. The summed E-state index contributed by atoms with van der Waals surface area (Å²) >= 11 is 0. The highest BCUT2D eigenvalue weighted by Crippen LogP contribution is 2.25. The average molecular weight is 291 g/mol. The van der Waals surface area contributed by atoms with E-state index in [1.807, 2.05) is 0 Å². The summed E-state index contributed by atoms with van der Waals surface area (Å²) in [5.41, 5.74) is 1.00. The van der Waals surface area contributed by atoms with Gasteiger partial charge in [-0.25, -0.2) is 0 Å². The number of carbonyl (C=O) groups is 1. The summed E-state index contributed by atoms with van der Waals surface area (Å²) < 4.78 is 0. The largest absolute Gasteiger partial charge is 0.319 e. The zero-order chi connectivity index (χ0) is 15.4. The predicted octanol–water partition coefficient (Wildman–Crippen LogP) is 2.57. The maximum absolute atomic E-state index is 12.0. The van der Waals surface area contributed by atoms with Gasteiger partial charge in [0.05, 0.1) is 11.5 Å². The lowest BCUT2D eigenvalue weighted by Crippen LogP contribution is -2.38. The second-order valence-corrected chi connectivity index (χ2v) is 5.78. The number of benzene rings is 1. The molecule has 0 spiro atoms. The van der Waals surface area contributed by atoms with Gasteiger partial charge in [0, 0.05) is 6.07 Å². The molecule has 1 aliphatic rings. The van der Waals surface area contributed by atoms with E-state index in [1.54, 1.807) is 19.1 Å². The van der Waals surface area contributed by atoms with Crippen LogP contribution in [0.25, 0.3) is 0 Å². The topological polar surface area (TPSA) is 75.5 Å². The third-order valence-corrected chi connectivity index (χ3v) is 3.87. The van der Waals surface area contributed by atoms with Crippen LogP contribution in [0.2, 0.25) is 0 Å². The Labute approximate surface area is 124 Å². The van der Waals surface area contributed by atoms with Crippen LogP contribution in [-0.2, 0) is 4.79 Å². The van der Waals surface area contributed by atoms with Crippen LogP contribution in [0, 0.1) is 23.0 Å². The fourth-order valence-electron chi connectivity index (χ4n) is 2.51. The number of likely N-dealkylation sites (tertiary alicyclic amines) is 1. The number of hydrogen-bond donors (Lipinski definition) is 1. The number of hydrogen-bond acceptors (Lipinski definition) is 4. The van der Waals surface area contributed by atoms with E-state index in [-0.39, 0.29) is 23.8 Å². The molecule has 1 aromatic rings. The van der Waals surface area contributed by atoms with E-state index in [1.165, 1.54) is 6.07 Å². The monoisotopic (exact) mass is 291 g/mol. The number of rotatable bonds is 4. The molecule has 0 bridgehead atoms. The molecule has 114 valence electrons. The molecule has 1 aromatic carbocycles. The van der Waals surface area contributed by atoms with Crippen molar-refractivity contribution in [2.45, 2.75) is 26.7 Å². The Morgan fingerprint density at radius 2 is 2.10 bits per heavy atom. The number of nitro groups is 1. The molecule has 21 heavy (non-hydrogen) atoms. The first-order chi connectivity index (χ1) is 9.95. The molecule has 0 aliphatic carbocycles. The molecule has 1 fully saturated rings. The van der Waals surface area contributed by atoms with Crippen molar-refractivity contribution in [2.24, 2.45) is 5.92 Å². The number of piperidine rings is 1. The highest BCUT2D eigenvalue weighted by atomic mass is 16.6. The first kappa shape index (κ1) is 15.4. The normalized spacial score (nSPS) is 16.7. The van der Waals surface area contributed by atoms with Crippen molar-refractivity contribution in [3.63, 3.8) is 0 Å². The van der Waals surface area contributed by atoms with Crippen molar-refractivity contribution in [1.82, 2.24) is 4.90 Å². The van der Waals surface area contributed by atoms with Crippen molar-refractivity contribution in [1.29, 1.82) is 0 Å². The number of aryl methyl sites for hydroxylation is 1. The molecular formula is C15H21N3O3. The summed E-state index contributed by atoms with van der Waals surface area (Å²) in [6.45, 7) is 6.10. The molecule has 0 radical (unpaired) electrons. The van der Waals surface area contributed by atoms with E-state index in [9.17, 15) is 14.9 Å². The minimum absolute atomic E-state index is 0.0596. The minimum atomic E-state index is -0.467. The van der Waals surface area contributed by atoms with E-state index < -0.39 is 4.92 Å². The van der Waals surface area contributed by atoms with Gasteiger partial charge in [0.25, 0.3) is 5.69 Å². The predicted molar refractivity (Wildman–Crippen MR) is 81.3 cm³/mol. The maximum Gasteiger partial charge on any atom is 0.293 e. The van der Waals surface area contributed by atoms with Crippen LogP contribution in [0.4, 0.5) is 11.4 Å². The van der Waals surface area contributed by atoms with Crippen LogP contribution in [0.1, 0.15) is 25.3 Å². The molecule has 0 aromatic heterocycles. The molecule has 1 amide bonds. The van der Waals surface area contributed by atoms with Crippen LogP contribution in [0.3, 0.4) is 0 Å². The fraction of sp³-hybridized carbons (Fsp3) is 0.533. The molecule has 6 nitrogen and oxygen atoms in total. The number of nitrogens with zero attached hydrogens (tertiary/aromatic N) is 2. The number of amides is 1. The van der Waals surface area contributed by atoms with E-state index >= 15 is 0 Å². The van der Waals surface area contributed by atoms with Gasteiger partial charge in [-0.15, -0.1) is 0 Å². The van der Waals surface area contributed by atoms with Crippen LogP contribution in [0.15, 0.2) is 18.2 Å². The van der Waals surface area contributed by atoms with Gasteiger partial charge in [0.2, 0.25) is 5.91 Å². The lowest BCUT2D eigenvalue weighted by Gasteiger charge is -2.29. The zero-order valence-electron chi connectivity index (χ0n) is 12.5. The molecule has 1 heterocycles. The highest BCUT2D eigenvalue weighted by Gasteiger charge is 2.20. The van der Waals surface area contributed by atoms with Crippen molar-refractivity contribution in [3.8, 4) is 0 Å². The summed E-state index contributed by atoms with van der Waals surface area (Å²) in [4.78, 5) is 24.7. The Kier molecular flexibility index (Phi) is 4.90. The van der Waals surface area contributed by atoms with Gasteiger partial charge in [-0.2, -0.15) is 0 Å². The van der Waals surface area contributed by atoms with Gasteiger partial charge in [0.1, 0.15) is 5.69 Å². The summed E-state index contributed by atoms with van der Waals surface area (Å²) in [5, 5.41) is 13.7. The lowest BCUT2D eigenvalue weighted by atomic mass is 9.99. The fourth-order valence-corrected chi connectivity index (χ4v) is 2.51. The molecular weight excluding hydrogens is 270 g/mol. The van der Waals surface area contributed by atoms with E-state index in [4.69, 9.17) is 0 Å². The van der Waals surface area contributed by atoms with Crippen molar-refractivity contribution in [2.75, 3.05) is 25.0 Å². The Hall–Kier alpha value is -1.95. The molecule has 1 saturated heterocycles. The van der Waals surface area contributed by atoms with E-state index in [0.29, 0.717) is 5.92 Å². The molecule has 0 atom stereocenters. The molecule has 1 aliphatic heterocycles. The standard InChI is InChI=1S/C15H21N3O3/c1-11-5-7-17(8-6-11)10-15(19)16-13-4-3-12(2)9-14(13)18(20)21/h3-4,9,11H,5-8,10H2,1-2H3,(H,16,19). The molecule has 0 saturated carbocycles. The van der Waals surface area contributed by atoms with Crippen LogP contribution >= 0.6 is 0 Å². The first-order valence-electron chi connectivity index (χ1n) is 7.23. The van der Waals surface area contributed by atoms with Gasteiger partial charge in [-0.3, -0.25) is 19.8 Å². The molecule has 2 rings (SSSR count). The molecule has 6 heteroatoms. The molecule has 0 unspecified atom stereocenters. The second-order valence-electron chi connectivity index (χ2n) is 5.78. The summed E-state index contributed by atoms with van der Waals surface area (Å²) in [6, 6.07) is 4.81. The van der Waals surface area contributed by atoms with Crippen molar-refractivity contribution in [3.05, 3.63) is 33.9 Å². The smallest absolute Gasteiger partial charge is 0.293 e. The summed E-state index contributed by atoms with van der Waals surface area (Å²) in [5.74, 6) is 0.513. The third kappa shape index (κ3) is 4.26. The van der Waals surface area contributed by atoms with Gasteiger partial charge < -0.3 is 5.32 Å². The Morgan fingerprint density at radius 3 is 2.71 bits per heavy atom. The van der Waals surface area contributed by atoms with Crippen LogP contribution in [0.5, 0.6) is 0 Å². The quantitative estimate of drug-likeness (QED) is 0.683. The van der Waals surface area contributed by atoms with Crippen molar-refractivity contribution >= 4 is 17.3 Å². The average Bonchev–Trinajstić information content (AvgIpc) is 2.43. The van der Waals surface area contributed by atoms with Crippen LogP contribution < -0.4 is 5.32 Å². The number of anilines is 1. The number of nitrogens with one attached hydrogen (secondary N) is 1. The Balaban J connectivity index is 1.98. The lowest BCUT2D eigenvalue weighted by molar-refractivity contribution is -0.384. The maximum atomic E-state index is 12.0. The summed E-state index contributed by atoms with van der Waals surface area (Å²) in [6.07, 6.45) is 2.19. The van der Waals surface area contributed by atoms with Gasteiger partial charge in [0.15, 0.2) is 0 Å². The minimum Gasteiger partial charge on any atom is -0.319 e. The molecule has 1 N–H and O–H groups in total. The SMILES string of the molecule is Cc1ccc(NC(=O)CN2CCC(C)CC2)c([N+](=O)[O-])c1. The van der Waals surface area contributed by atoms with Gasteiger partial charge in [-0.1, -0.05) is 13.0 Å².